The number of nitrogens with two attached hydrogens (primary N) is 1. The van der Waals surface area contributed by atoms with Gasteiger partial charge in [-0.2, -0.15) is 0 Å². The first-order valence-electron chi connectivity index (χ1n) is 4.09. The highest BCUT2D eigenvalue weighted by Gasteiger charge is 2.15. The standard InChI is InChI=1S/C9H7N3O2S/c10-6-3-1-2-5(9(13)14)8(6)7-4-11-12-15-7/h1-4H,10H2,(H,13,14). The number of nitrogens with zero attached hydrogens (tertiary/aromatic N) is 2. The van der Waals surface area contributed by atoms with E-state index in [0.29, 0.717) is 16.1 Å². The Labute approximate surface area is 89.3 Å². The third kappa shape index (κ3) is 1.66. The van der Waals surface area contributed by atoms with E-state index >= 15 is 0 Å². The van der Waals surface area contributed by atoms with E-state index in [9.17, 15) is 4.79 Å². The Morgan fingerprint density at radius 2 is 2.27 bits per heavy atom. The van der Waals surface area contributed by atoms with E-state index in [-0.39, 0.29) is 5.56 Å². The molecule has 2 rings (SSSR count). The van der Waals surface area contributed by atoms with E-state index < -0.39 is 5.97 Å². The molecule has 0 unspecified atom stereocenters. The molecule has 76 valence electrons. The second-order valence-corrected chi connectivity index (χ2v) is 3.64. The minimum absolute atomic E-state index is 0.168. The predicted octanol–water partition coefficient (Wildman–Crippen LogP) is 1.49. The molecular weight excluding hydrogens is 214 g/mol. The fourth-order valence-electron chi connectivity index (χ4n) is 1.30. The van der Waals surface area contributed by atoms with Crippen molar-refractivity contribution in [1.29, 1.82) is 0 Å². The van der Waals surface area contributed by atoms with Crippen LogP contribution in [0.5, 0.6) is 0 Å². The van der Waals surface area contributed by atoms with Crippen molar-refractivity contribution in [2.75, 3.05) is 5.73 Å². The SMILES string of the molecule is Nc1cccc(C(=O)O)c1-c1cnns1. The van der Waals surface area contributed by atoms with Crippen LogP contribution in [-0.4, -0.2) is 20.7 Å². The minimum Gasteiger partial charge on any atom is -0.478 e. The summed E-state index contributed by atoms with van der Waals surface area (Å²) in [5.74, 6) is -1.01. The first kappa shape index (κ1) is 9.60. The number of aromatic carboxylic acids is 1. The third-order valence-corrected chi connectivity index (χ3v) is 2.62. The first-order chi connectivity index (χ1) is 7.20. The van der Waals surface area contributed by atoms with Crippen molar-refractivity contribution >= 4 is 23.2 Å². The third-order valence-electron chi connectivity index (χ3n) is 1.93. The fraction of sp³-hybridized carbons (Fsp3) is 0. The van der Waals surface area contributed by atoms with E-state index in [0.717, 1.165) is 11.5 Å². The van der Waals surface area contributed by atoms with Crippen molar-refractivity contribution < 1.29 is 9.90 Å². The number of anilines is 1. The van der Waals surface area contributed by atoms with E-state index in [2.05, 4.69) is 9.59 Å². The number of hydrogen-bond donors (Lipinski definition) is 2. The van der Waals surface area contributed by atoms with Gasteiger partial charge in [-0.25, -0.2) is 4.79 Å². The fourth-order valence-corrected chi connectivity index (χ4v) is 1.90. The van der Waals surface area contributed by atoms with Crippen LogP contribution in [0.15, 0.2) is 24.4 Å². The van der Waals surface area contributed by atoms with E-state index in [1.165, 1.54) is 12.3 Å². The number of carboxylic acid groups (broad SMARTS) is 1. The molecule has 2 aromatic rings. The van der Waals surface area contributed by atoms with Crippen LogP contribution in [0.25, 0.3) is 10.4 Å². The lowest BCUT2D eigenvalue weighted by Crippen LogP contribution is -2.01. The van der Waals surface area contributed by atoms with Gasteiger partial charge in [0.15, 0.2) is 0 Å². The van der Waals surface area contributed by atoms with Crippen LogP contribution in [-0.2, 0) is 0 Å². The second kappa shape index (κ2) is 3.66. The summed E-state index contributed by atoms with van der Waals surface area (Å²) in [5.41, 5.74) is 6.81. The van der Waals surface area contributed by atoms with Crippen LogP contribution in [0, 0.1) is 0 Å². The lowest BCUT2D eigenvalue weighted by atomic mass is 10.0. The second-order valence-electron chi connectivity index (χ2n) is 2.86. The van der Waals surface area contributed by atoms with Gasteiger partial charge in [0.05, 0.1) is 16.6 Å². The van der Waals surface area contributed by atoms with Crippen molar-refractivity contribution in [2.24, 2.45) is 0 Å². The molecule has 0 aliphatic rings. The molecule has 1 heterocycles. The van der Waals surface area contributed by atoms with Gasteiger partial charge < -0.3 is 10.8 Å². The molecule has 1 aromatic carbocycles. The number of rotatable bonds is 2. The predicted molar refractivity (Wildman–Crippen MR) is 56.7 cm³/mol. The molecule has 0 amide bonds. The largest absolute Gasteiger partial charge is 0.478 e. The number of hydrogen-bond acceptors (Lipinski definition) is 5. The van der Waals surface area contributed by atoms with Gasteiger partial charge >= 0.3 is 5.97 Å². The molecule has 3 N–H and O–H groups in total. The van der Waals surface area contributed by atoms with Crippen molar-refractivity contribution in [3.63, 3.8) is 0 Å². The molecule has 0 saturated heterocycles. The van der Waals surface area contributed by atoms with Gasteiger partial charge in [-0.15, -0.1) is 5.10 Å². The molecule has 15 heavy (non-hydrogen) atoms. The highest BCUT2D eigenvalue weighted by atomic mass is 32.1. The van der Waals surface area contributed by atoms with Crippen molar-refractivity contribution in [3.8, 4) is 10.4 Å². The Balaban J connectivity index is 2.68. The average molecular weight is 221 g/mol. The van der Waals surface area contributed by atoms with Gasteiger partial charge in [0.25, 0.3) is 0 Å². The number of nitrogen functional groups attached to an aromatic ring is 1. The van der Waals surface area contributed by atoms with Crippen LogP contribution >= 0.6 is 11.5 Å². The Kier molecular flexibility index (Phi) is 2.34. The lowest BCUT2D eigenvalue weighted by molar-refractivity contribution is 0.0698. The minimum atomic E-state index is -1.01. The molecule has 0 radical (unpaired) electrons. The van der Waals surface area contributed by atoms with Crippen molar-refractivity contribution in [2.45, 2.75) is 0 Å². The van der Waals surface area contributed by atoms with Crippen molar-refractivity contribution in [1.82, 2.24) is 9.59 Å². The number of aromatic nitrogens is 2. The Morgan fingerprint density at radius 1 is 1.47 bits per heavy atom. The molecule has 1 aromatic heterocycles. The summed E-state index contributed by atoms with van der Waals surface area (Å²) >= 11 is 1.12. The quantitative estimate of drug-likeness (QED) is 0.750. The Bertz CT molecular complexity index is 496. The summed E-state index contributed by atoms with van der Waals surface area (Å²) in [6, 6.07) is 4.77. The normalized spacial score (nSPS) is 10.1. The molecular formula is C9H7N3O2S. The van der Waals surface area contributed by atoms with Gasteiger partial charge in [-0.1, -0.05) is 10.6 Å². The summed E-state index contributed by atoms with van der Waals surface area (Å²) in [6.07, 6.45) is 1.50. The van der Waals surface area contributed by atoms with Gasteiger partial charge in [-0.3, -0.25) is 0 Å². The maximum Gasteiger partial charge on any atom is 0.336 e. The molecule has 5 nitrogen and oxygen atoms in total. The summed E-state index contributed by atoms with van der Waals surface area (Å²) in [7, 11) is 0. The summed E-state index contributed by atoms with van der Waals surface area (Å²) < 4.78 is 3.68. The zero-order valence-electron chi connectivity index (χ0n) is 7.54. The average Bonchev–Trinajstić information content (AvgIpc) is 2.70. The molecule has 0 atom stereocenters. The molecule has 0 spiro atoms. The smallest absolute Gasteiger partial charge is 0.336 e. The summed E-state index contributed by atoms with van der Waals surface area (Å²) in [5, 5.41) is 12.7. The molecule has 0 aliphatic carbocycles. The van der Waals surface area contributed by atoms with Gasteiger partial charge in [0.2, 0.25) is 0 Å². The molecule has 0 saturated carbocycles. The van der Waals surface area contributed by atoms with Gasteiger partial charge in [0, 0.05) is 11.3 Å². The zero-order chi connectivity index (χ0) is 10.8. The zero-order valence-corrected chi connectivity index (χ0v) is 8.36. The van der Waals surface area contributed by atoms with Gasteiger partial charge in [0.1, 0.15) is 0 Å². The number of benzene rings is 1. The highest BCUT2D eigenvalue weighted by molar-refractivity contribution is 7.09. The molecule has 0 aliphatic heterocycles. The Morgan fingerprint density at radius 3 is 2.87 bits per heavy atom. The molecule has 6 heteroatoms. The highest BCUT2D eigenvalue weighted by Crippen LogP contribution is 2.31. The summed E-state index contributed by atoms with van der Waals surface area (Å²) in [4.78, 5) is 11.6. The van der Waals surface area contributed by atoms with E-state index in [4.69, 9.17) is 10.8 Å². The number of carbonyl (C=O) groups is 1. The maximum absolute atomic E-state index is 11.0. The lowest BCUT2D eigenvalue weighted by Gasteiger charge is -2.05. The molecule has 0 bridgehead atoms. The topological polar surface area (TPSA) is 89.1 Å². The van der Waals surface area contributed by atoms with E-state index in [1.807, 2.05) is 0 Å². The van der Waals surface area contributed by atoms with Crippen molar-refractivity contribution in [3.05, 3.63) is 30.0 Å². The maximum atomic E-state index is 11.0. The monoisotopic (exact) mass is 221 g/mol. The first-order valence-corrected chi connectivity index (χ1v) is 4.87. The van der Waals surface area contributed by atoms with Crippen LogP contribution in [0.1, 0.15) is 10.4 Å². The van der Waals surface area contributed by atoms with Crippen LogP contribution in [0.3, 0.4) is 0 Å². The van der Waals surface area contributed by atoms with Crippen LogP contribution < -0.4 is 5.73 Å². The van der Waals surface area contributed by atoms with Crippen LogP contribution in [0.4, 0.5) is 5.69 Å². The van der Waals surface area contributed by atoms with Gasteiger partial charge in [-0.05, 0) is 23.7 Å². The number of carboxylic acids is 1. The Hall–Kier alpha value is -1.95. The summed E-state index contributed by atoms with van der Waals surface area (Å²) in [6.45, 7) is 0. The van der Waals surface area contributed by atoms with E-state index in [1.54, 1.807) is 12.1 Å². The van der Waals surface area contributed by atoms with Crippen LogP contribution in [0.2, 0.25) is 0 Å². The molecule has 0 fully saturated rings.